The van der Waals surface area contributed by atoms with Gasteiger partial charge in [0.25, 0.3) is 5.91 Å². The number of carbonyl (C=O) groups excluding carboxylic acids is 1. The zero-order valence-electron chi connectivity index (χ0n) is 16.9. The van der Waals surface area contributed by atoms with Crippen LogP contribution in [-0.2, 0) is 0 Å². The first-order chi connectivity index (χ1) is 14.9. The molecule has 9 heteroatoms. The third-order valence-electron chi connectivity index (χ3n) is 4.59. The number of nitro groups is 1. The molecule has 1 aromatic heterocycles. The first kappa shape index (κ1) is 20.0. The predicted molar refractivity (Wildman–Crippen MR) is 116 cm³/mol. The number of ether oxygens (including phenoxy) is 1. The Morgan fingerprint density at radius 1 is 1.10 bits per heavy atom. The highest BCUT2D eigenvalue weighted by Crippen LogP contribution is 2.28. The van der Waals surface area contributed by atoms with E-state index in [0.29, 0.717) is 16.7 Å². The zero-order chi connectivity index (χ0) is 22.0. The molecule has 3 aromatic carbocycles. The van der Waals surface area contributed by atoms with Crippen molar-refractivity contribution < 1.29 is 14.5 Å². The van der Waals surface area contributed by atoms with Crippen LogP contribution in [0.1, 0.15) is 22.8 Å². The number of amides is 1. The molecular formula is C22H19N5O4. The van der Waals surface area contributed by atoms with Crippen molar-refractivity contribution in [2.45, 2.75) is 13.8 Å². The third-order valence-corrected chi connectivity index (χ3v) is 4.59. The van der Waals surface area contributed by atoms with E-state index in [1.807, 2.05) is 31.2 Å². The van der Waals surface area contributed by atoms with Gasteiger partial charge in [-0.1, -0.05) is 12.1 Å². The summed E-state index contributed by atoms with van der Waals surface area (Å²) in [4.78, 5) is 24.9. The molecule has 0 saturated carbocycles. The summed E-state index contributed by atoms with van der Waals surface area (Å²) in [7, 11) is 0. The average Bonchev–Trinajstić information content (AvgIpc) is 3.17. The van der Waals surface area contributed by atoms with Crippen LogP contribution in [0.3, 0.4) is 0 Å². The normalized spacial score (nSPS) is 10.8. The Balaban J connectivity index is 1.59. The van der Waals surface area contributed by atoms with Crippen molar-refractivity contribution in [1.29, 1.82) is 0 Å². The number of nitrogens with zero attached hydrogens (tertiary/aromatic N) is 4. The van der Waals surface area contributed by atoms with E-state index in [0.717, 1.165) is 11.3 Å². The van der Waals surface area contributed by atoms with Gasteiger partial charge in [0.05, 0.1) is 17.2 Å². The van der Waals surface area contributed by atoms with Crippen molar-refractivity contribution in [2.75, 3.05) is 11.9 Å². The number of nitrogens with one attached hydrogen (secondary N) is 1. The van der Waals surface area contributed by atoms with Gasteiger partial charge in [0.2, 0.25) is 0 Å². The van der Waals surface area contributed by atoms with Crippen molar-refractivity contribution in [1.82, 2.24) is 15.0 Å². The van der Waals surface area contributed by atoms with Crippen LogP contribution < -0.4 is 10.1 Å². The minimum atomic E-state index is -0.572. The van der Waals surface area contributed by atoms with E-state index in [-0.39, 0.29) is 23.6 Å². The number of benzene rings is 3. The van der Waals surface area contributed by atoms with E-state index in [1.165, 1.54) is 18.2 Å². The molecule has 0 unspecified atom stereocenters. The molecule has 1 heterocycles. The van der Waals surface area contributed by atoms with Crippen molar-refractivity contribution >= 4 is 28.3 Å². The van der Waals surface area contributed by atoms with Gasteiger partial charge in [-0.05, 0) is 61.9 Å². The van der Waals surface area contributed by atoms with E-state index in [2.05, 4.69) is 15.5 Å². The van der Waals surface area contributed by atoms with Crippen molar-refractivity contribution in [3.05, 3.63) is 81.9 Å². The minimum absolute atomic E-state index is 0.123. The molecule has 1 amide bonds. The predicted octanol–water partition coefficient (Wildman–Crippen LogP) is 4.29. The monoisotopic (exact) mass is 417 g/mol. The summed E-state index contributed by atoms with van der Waals surface area (Å²) in [5.41, 5.74) is 3.61. The maximum atomic E-state index is 12.6. The Labute approximate surface area is 177 Å². The van der Waals surface area contributed by atoms with Gasteiger partial charge in [0, 0.05) is 17.3 Å². The molecule has 0 aliphatic rings. The minimum Gasteiger partial charge on any atom is -0.487 e. The molecule has 0 spiro atoms. The molecule has 0 aliphatic carbocycles. The largest absolute Gasteiger partial charge is 0.487 e. The Hall–Kier alpha value is -4.27. The van der Waals surface area contributed by atoms with E-state index >= 15 is 0 Å². The lowest BCUT2D eigenvalue weighted by Crippen LogP contribution is -2.12. The Kier molecular flexibility index (Phi) is 5.31. The maximum Gasteiger partial charge on any atom is 0.311 e. The molecule has 4 rings (SSSR count). The SMILES string of the molecule is CCOc1ccc(C(=O)Nc2ccc3nn(-c4cccc(C)c4)nc3c2)cc1[N+](=O)[O-]. The van der Waals surface area contributed by atoms with Gasteiger partial charge in [-0.25, -0.2) is 0 Å². The summed E-state index contributed by atoms with van der Waals surface area (Å²) in [6.07, 6.45) is 0. The first-order valence-electron chi connectivity index (χ1n) is 9.61. The summed E-state index contributed by atoms with van der Waals surface area (Å²) in [5, 5.41) is 23.0. The molecule has 156 valence electrons. The number of hydrogen-bond acceptors (Lipinski definition) is 6. The second kappa shape index (κ2) is 8.23. The van der Waals surface area contributed by atoms with E-state index in [4.69, 9.17) is 4.74 Å². The lowest BCUT2D eigenvalue weighted by atomic mass is 10.1. The number of hydrogen-bond donors (Lipinski definition) is 1. The summed E-state index contributed by atoms with van der Waals surface area (Å²) in [6, 6.07) is 17.1. The molecule has 0 radical (unpaired) electrons. The molecule has 0 atom stereocenters. The van der Waals surface area contributed by atoms with Crippen LogP contribution >= 0.6 is 0 Å². The Morgan fingerprint density at radius 3 is 2.65 bits per heavy atom. The van der Waals surface area contributed by atoms with Gasteiger partial charge in [0.15, 0.2) is 5.75 Å². The van der Waals surface area contributed by atoms with Crippen LogP contribution in [0.4, 0.5) is 11.4 Å². The molecule has 4 aromatic rings. The van der Waals surface area contributed by atoms with Crippen LogP contribution in [0.25, 0.3) is 16.7 Å². The number of carbonyl (C=O) groups is 1. The summed E-state index contributed by atoms with van der Waals surface area (Å²) in [6.45, 7) is 4.01. The Bertz CT molecular complexity index is 1300. The fraction of sp³-hybridized carbons (Fsp3) is 0.136. The molecular weight excluding hydrogens is 398 g/mol. The van der Waals surface area contributed by atoms with Gasteiger partial charge < -0.3 is 10.1 Å². The molecule has 0 bridgehead atoms. The number of nitro benzene ring substituents is 1. The molecule has 31 heavy (non-hydrogen) atoms. The summed E-state index contributed by atoms with van der Waals surface area (Å²) >= 11 is 0. The summed E-state index contributed by atoms with van der Waals surface area (Å²) < 4.78 is 5.25. The third kappa shape index (κ3) is 4.20. The highest BCUT2D eigenvalue weighted by Gasteiger charge is 2.19. The molecule has 0 aliphatic heterocycles. The quantitative estimate of drug-likeness (QED) is 0.370. The number of aromatic nitrogens is 3. The average molecular weight is 417 g/mol. The number of rotatable bonds is 6. The van der Waals surface area contributed by atoms with E-state index < -0.39 is 10.8 Å². The lowest BCUT2D eigenvalue weighted by molar-refractivity contribution is -0.385. The second-order valence-electron chi connectivity index (χ2n) is 6.86. The highest BCUT2D eigenvalue weighted by molar-refractivity contribution is 6.05. The van der Waals surface area contributed by atoms with Crippen molar-refractivity contribution in [2.24, 2.45) is 0 Å². The van der Waals surface area contributed by atoms with Crippen LogP contribution in [0.15, 0.2) is 60.7 Å². The lowest BCUT2D eigenvalue weighted by Gasteiger charge is -2.07. The second-order valence-corrected chi connectivity index (χ2v) is 6.86. The van der Waals surface area contributed by atoms with Crippen molar-refractivity contribution in [3.63, 3.8) is 0 Å². The topological polar surface area (TPSA) is 112 Å². The van der Waals surface area contributed by atoms with E-state index in [1.54, 1.807) is 29.9 Å². The smallest absolute Gasteiger partial charge is 0.311 e. The van der Waals surface area contributed by atoms with Gasteiger partial charge in [-0.2, -0.15) is 4.80 Å². The van der Waals surface area contributed by atoms with Gasteiger partial charge in [0.1, 0.15) is 11.0 Å². The summed E-state index contributed by atoms with van der Waals surface area (Å²) in [5.74, 6) is -0.352. The molecule has 9 nitrogen and oxygen atoms in total. The standard InChI is InChI=1S/C22H19N5O4/c1-3-31-21-10-7-15(12-20(21)27(29)30)22(28)23-16-8-9-18-19(13-16)25-26(24-18)17-6-4-5-14(2)11-17/h4-13H,3H2,1-2H3,(H,23,28). The van der Waals surface area contributed by atoms with Gasteiger partial charge in [-0.15, -0.1) is 10.2 Å². The molecule has 1 N–H and O–H groups in total. The van der Waals surface area contributed by atoms with Gasteiger partial charge in [-0.3, -0.25) is 14.9 Å². The number of fused-ring (bicyclic) bond motifs is 1. The van der Waals surface area contributed by atoms with Crippen LogP contribution in [-0.4, -0.2) is 32.4 Å². The maximum absolute atomic E-state index is 12.6. The van der Waals surface area contributed by atoms with Crippen LogP contribution in [0, 0.1) is 17.0 Å². The van der Waals surface area contributed by atoms with Crippen molar-refractivity contribution in [3.8, 4) is 11.4 Å². The Morgan fingerprint density at radius 2 is 1.90 bits per heavy atom. The zero-order valence-corrected chi connectivity index (χ0v) is 16.9. The van der Waals surface area contributed by atoms with E-state index in [9.17, 15) is 14.9 Å². The fourth-order valence-electron chi connectivity index (χ4n) is 3.14. The number of aryl methyl sites for hydroxylation is 1. The molecule has 0 saturated heterocycles. The molecule has 0 fully saturated rings. The van der Waals surface area contributed by atoms with Crippen LogP contribution in [0.2, 0.25) is 0 Å². The fourth-order valence-corrected chi connectivity index (χ4v) is 3.14. The number of anilines is 1. The van der Waals surface area contributed by atoms with Crippen LogP contribution in [0.5, 0.6) is 5.75 Å². The van der Waals surface area contributed by atoms with Gasteiger partial charge >= 0.3 is 5.69 Å². The highest BCUT2D eigenvalue weighted by atomic mass is 16.6. The first-order valence-corrected chi connectivity index (χ1v) is 9.61.